The Labute approximate surface area is 146 Å². The summed E-state index contributed by atoms with van der Waals surface area (Å²) in [6.07, 6.45) is 0. The van der Waals surface area contributed by atoms with Gasteiger partial charge in [0.25, 0.3) is 0 Å². The number of pyridine rings is 1. The molecule has 0 fully saturated rings. The maximum Gasteiger partial charge on any atom is 0.150 e. The van der Waals surface area contributed by atoms with Crippen LogP contribution in [0, 0.1) is 0 Å². The Morgan fingerprint density at radius 3 is 2.72 bits per heavy atom. The van der Waals surface area contributed by atoms with Crippen molar-refractivity contribution in [3.63, 3.8) is 0 Å². The summed E-state index contributed by atoms with van der Waals surface area (Å²) in [4.78, 5) is 4.94. The lowest BCUT2D eigenvalue weighted by Gasteiger charge is -2.06. The Morgan fingerprint density at radius 1 is 0.920 bits per heavy atom. The molecule has 0 atom stereocenters. The Balaban J connectivity index is 1.94. The van der Waals surface area contributed by atoms with Crippen molar-refractivity contribution in [3.05, 3.63) is 71.4 Å². The van der Waals surface area contributed by atoms with Gasteiger partial charge in [0, 0.05) is 22.4 Å². The molecule has 6 rings (SSSR count). The van der Waals surface area contributed by atoms with Crippen molar-refractivity contribution >= 4 is 50.0 Å². The maximum absolute atomic E-state index is 6.15. The summed E-state index contributed by atoms with van der Waals surface area (Å²) in [6.45, 7) is 0. The molecule has 0 amide bonds. The monoisotopic (exact) mass is 340 g/mol. The van der Waals surface area contributed by atoms with Crippen molar-refractivity contribution in [2.75, 3.05) is 0 Å². The number of benzene rings is 2. The van der Waals surface area contributed by atoms with Gasteiger partial charge in [0.1, 0.15) is 16.8 Å². The van der Waals surface area contributed by atoms with Crippen LogP contribution in [0.4, 0.5) is 0 Å². The number of hydrogen-bond donors (Lipinski definition) is 0. The molecule has 0 radical (unpaired) electrons. The molecular formula is C21H12N2OS. The summed E-state index contributed by atoms with van der Waals surface area (Å²) in [5.41, 5.74) is 7.13. The van der Waals surface area contributed by atoms with E-state index in [0.29, 0.717) is 0 Å². The van der Waals surface area contributed by atoms with E-state index in [4.69, 9.17) is 9.40 Å². The highest BCUT2D eigenvalue weighted by molar-refractivity contribution is 7.08. The largest absolute Gasteiger partial charge is 0.456 e. The first-order chi connectivity index (χ1) is 12.4. The minimum absolute atomic E-state index is 0.880. The van der Waals surface area contributed by atoms with Gasteiger partial charge in [0.15, 0.2) is 0 Å². The lowest BCUT2D eigenvalue weighted by atomic mass is 10.1. The smallest absolute Gasteiger partial charge is 0.150 e. The number of fused-ring (bicyclic) bond motifs is 7. The van der Waals surface area contributed by atoms with Crippen molar-refractivity contribution in [1.82, 2.24) is 9.38 Å². The van der Waals surface area contributed by atoms with Crippen molar-refractivity contribution in [2.45, 2.75) is 0 Å². The summed E-state index contributed by atoms with van der Waals surface area (Å²) in [6, 6.07) is 20.7. The fourth-order valence-electron chi connectivity index (χ4n) is 3.65. The fourth-order valence-corrected chi connectivity index (χ4v) is 4.30. The third kappa shape index (κ3) is 1.72. The number of nitrogens with zero attached hydrogens (tertiary/aromatic N) is 2. The van der Waals surface area contributed by atoms with E-state index in [1.807, 2.05) is 24.3 Å². The highest BCUT2D eigenvalue weighted by atomic mass is 32.1. The maximum atomic E-state index is 6.15. The predicted molar refractivity (Wildman–Crippen MR) is 103 cm³/mol. The highest BCUT2D eigenvalue weighted by Crippen LogP contribution is 2.37. The predicted octanol–water partition coefficient (Wildman–Crippen LogP) is 6.12. The molecule has 4 aromatic heterocycles. The Kier molecular flexibility index (Phi) is 2.49. The second-order valence-corrected chi connectivity index (χ2v) is 6.92. The van der Waals surface area contributed by atoms with E-state index >= 15 is 0 Å². The Morgan fingerprint density at radius 2 is 1.80 bits per heavy atom. The van der Waals surface area contributed by atoms with Crippen LogP contribution in [0.1, 0.15) is 0 Å². The molecule has 3 nitrogen and oxygen atoms in total. The standard InChI is InChI=1S/C21H12N2OS/c1-4-8-18-14(5-1)20-19(24-18)11-17(13-9-10-25-12-13)23-16-7-3-2-6-15(16)22-21(20)23/h1-12H. The SMILES string of the molecule is c1ccc2c(c1)nc1c3c(cc(-c4ccsc4)n21)oc1ccccc13. The van der Waals surface area contributed by atoms with Crippen molar-refractivity contribution in [1.29, 1.82) is 0 Å². The minimum atomic E-state index is 0.880. The lowest BCUT2D eigenvalue weighted by molar-refractivity contribution is 0.669. The van der Waals surface area contributed by atoms with Gasteiger partial charge in [-0.2, -0.15) is 11.3 Å². The van der Waals surface area contributed by atoms with Gasteiger partial charge in [-0.15, -0.1) is 0 Å². The highest BCUT2D eigenvalue weighted by Gasteiger charge is 2.18. The Hall–Kier alpha value is -3.11. The van der Waals surface area contributed by atoms with Crippen molar-refractivity contribution in [3.8, 4) is 11.3 Å². The van der Waals surface area contributed by atoms with Crippen LogP contribution in [0.25, 0.3) is 49.9 Å². The fraction of sp³-hybridized carbons (Fsp3) is 0. The molecular weight excluding hydrogens is 328 g/mol. The molecule has 25 heavy (non-hydrogen) atoms. The normalized spacial score (nSPS) is 12.0. The van der Waals surface area contributed by atoms with Crippen LogP contribution in [-0.2, 0) is 0 Å². The summed E-state index contributed by atoms with van der Waals surface area (Å²) >= 11 is 1.70. The topological polar surface area (TPSA) is 30.4 Å². The second-order valence-electron chi connectivity index (χ2n) is 6.14. The third-order valence-electron chi connectivity index (χ3n) is 4.73. The first-order valence-electron chi connectivity index (χ1n) is 8.14. The molecule has 0 spiro atoms. The van der Waals surface area contributed by atoms with Gasteiger partial charge < -0.3 is 4.42 Å². The summed E-state index contributed by atoms with van der Waals surface area (Å²) in [7, 11) is 0. The first kappa shape index (κ1) is 13.2. The second kappa shape index (κ2) is 4.71. The molecule has 0 aliphatic heterocycles. The molecule has 118 valence electrons. The van der Waals surface area contributed by atoms with E-state index in [-0.39, 0.29) is 0 Å². The molecule has 0 saturated heterocycles. The molecule has 0 aliphatic rings. The van der Waals surface area contributed by atoms with Crippen molar-refractivity contribution < 1.29 is 4.42 Å². The third-order valence-corrected chi connectivity index (χ3v) is 5.42. The molecule has 4 heteroatoms. The van der Waals surface area contributed by atoms with E-state index in [1.54, 1.807) is 11.3 Å². The minimum Gasteiger partial charge on any atom is -0.456 e. The summed E-state index contributed by atoms with van der Waals surface area (Å²) in [5, 5.41) is 6.45. The van der Waals surface area contributed by atoms with Crippen LogP contribution in [-0.4, -0.2) is 9.38 Å². The molecule has 6 aromatic rings. The number of imidazole rings is 1. The lowest BCUT2D eigenvalue weighted by Crippen LogP contribution is -1.91. The molecule has 0 saturated carbocycles. The van der Waals surface area contributed by atoms with E-state index in [9.17, 15) is 0 Å². The Bertz CT molecular complexity index is 1390. The quantitative estimate of drug-likeness (QED) is 0.361. The van der Waals surface area contributed by atoms with E-state index in [2.05, 4.69) is 51.6 Å². The van der Waals surface area contributed by atoms with Crippen LogP contribution < -0.4 is 0 Å². The zero-order valence-corrected chi connectivity index (χ0v) is 14.0. The van der Waals surface area contributed by atoms with Crippen LogP contribution in [0.2, 0.25) is 0 Å². The van der Waals surface area contributed by atoms with Gasteiger partial charge in [0.05, 0.1) is 22.1 Å². The van der Waals surface area contributed by atoms with Crippen LogP contribution >= 0.6 is 11.3 Å². The average Bonchev–Trinajstić information content (AvgIpc) is 3.36. The van der Waals surface area contributed by atoms with E-state index in [0.717, 1.165) is 44.3 Å². The van der Waals surface area contributed by atoms with Gasteiger partial charge in [-0.1, -0.05) is 30.3 Å². The molecule has 0 bridgehead atoms. The zero-order chi connectivity index (χ0) is 16.4. The van der Waals surface area contributed by atoms with Gasteiger partial charge in [-0.25, -0.2) is 4.98 Å². The number of hydrogen-bond acceptors (Lipinski definition) is 3. The molecule has 4 heterocycles. The van der Waals surface area contributed by atoms with Crippen LogP contribution in [0.5, 0.6) is 0 Å². The number of furan rings is 1. The van der Waals surface area contributed by atoms with Gasteiger partial charge in [0.2, 0.25) is 0 Å². The van der Waals surface area contributed by atoms with Crippen LogP contribution in [0.15, 0.2) is 75.8 Å². The molecule has 2 aromatic carbocycles. The number of thiophene rings is 1. The molecule has 0 aliphatic carbocycles. The van der Waals surface area contributed by atoms with E-state index in [1.165, 1.54) is 5.56 Å². The summed E-state index contributed by atoms with van der Waals surface area (Å²) < 4.78 is 8.40. The first-order valence-corrected chi connectivity index (χ1v) is 9.08. The average molecular weight is 340 g/mol. The van der Waals surface area contributed by atoms with Crippen molar-refractivity contribution in [2.24, 2.45) is 0 Å². The van der Waals surface area contributed by atoms with Gasteiger partial charge in [-0.3, -0.25) is 4.40 Å². The van der Waals surface area contributed by atoms with Crippen LogP contribution in [0.3, 0.4) is 0 Å². The molecule has 0 N–H and O–H groups in total. The summed E-state index contributed by atoms with van der Waals surface area (Å²) in [5.74, 6) is 0. The zero-order valence-electron chi connectivity index (χ0n) is 13.1. The van der Waals surface area contributed by atoms with E-state index < -0.39 is 0 Å². The van der Waals surface area contributed by atoms with Gasteiger partial charge in [-0.05, 0) is 29.6 Å². The number of aromatic nitrogens is 2. The number of para-hydroxylation sites is 3. The van der Waals surface area contributed by atoms with Gasteiger partial charge >= 0.3 is 0 Å². The molecule has 0 unspecified atom stereocenters. The number of rotatable bonds is 1.